The summed E-state index contributed by atoms with van der Waals surface area (Å²) in [6, 6.07) is 28.2. The molecule has 0 unspecified atom stereocenters. The molecule has 3 fully saturated rings. The first-order valence-electron chi connectivity index (χ1n) is 22.5. The number of aliphatic hydroxyl groups excluding tert-OH is 1. The van der Waals surface area contributed by atoms with Crippen LogP contribution in [0.3, 0.4) is 0 Å². The van der Waals surface area contributed by atoms with E-state index in [2.05, 4.69) is 61.4 Å². The molecule has 0 bridgehead atoms. The number of benzene rings is 3. The minimum Gasteiger partial charge on any atom is -0.497 e. The quantitative estimate of drug-likeness (QED) is 0.0795. The molecule has 10 rings (SSSR count). The van der Waals surface area contributed by atoms with E-state index in [-0.39, 0.29) is 17.9 Å². The van der Waals surface area contributed by atoms with Crippen molar-refractivity contribution in [3.8, 4) is 30.4 Å². The molecule has 0 aliphatic carbocycles. The Hall–Kier alpha value is -7.10. The van der Waals surface area contributed by atoms with Crippen molar-refractivity contribution in [2.24, 2.45) is 0 Å². The summed E-state index contributed by atoms with van der Waals surface area (Å²) in [5.74, 6) is 5.20. The van der Waals surface area contributed by atoms with Gasteiger partial charge in [-0.2, -0.15) is 0 Å². The molecule has 362 valence electrons. The molecule has 7 heterocycles. The maximum absolute atomic E-state index is 14.9. The number of hydrogen-bond acceptors (Lipinski definition) is 15. The first-order chi connectivity index (χ1) is 33.7. The van der Waals surface area contributed by atoms with Gasteiger partial charge in [-0.1, -0.05) is 98.5 Å². The van der Waals surface area contributed by atoms with Gasteiger partial charge in [0.15, 0.2) is 52.3 Å². The highest BCUT2D eigenvalue weighted by Crippen LogP contribution is 2.57. The average Bonchev–Trinajstić information content (AvgIpc) is 4.19. The molecule has 70 heavy (non-hydrogen) atoms. The highest BCUT2D eigenvalue weighted by atomic mass is 19.1. The van der Waals surface area contributed by atoms with Crippen molar-refractivity contribution in [1.29, 1.82) is 0 Å². The number of aliphatic hydroxyl groups is 2. The van der Waals surface area contributed by atoms with Crippen molar-refractivity contribution < 1.29 is 42.7 Å². The van der Waals surface area contributed by atoms with Crippen LogP contribution < -0.4 is 15.8 Å². The van der Waals surface area contributed by atoms with Crippen LogP contribution in [0.1, 0.15) is 69.7 Å². The smallest absolute Gasteiger partial charge is 0.205 e. The maximum atomic E-state index is 14.9. The lowest BCUT2D eigenvalue weighted by molar-refractivity contribution is -0.230. The number of nitrogens with two attached hydrogens (primary N) is 1. The number of nitrogens with one attached hydrogen (secondary N) is 1. The van der Waals surface area contributed by atoms with Gasteiger partial charge in [-0.05, 0) is 55.5 Å². The number of imidazole rings is 2. The summed E-state index contributed by atoms with van der Waals surface area (Å²) < 4.78 is 61.7. The highest BCUT2D eigenvalue weighted by Gasteiger charge is 2.72. The van der Waals surface area contributed by atoms with E-state index >= 15 is 0 Å². The lowest BCUT2D eigenvalue weighted by Gasteiger charge is -2.37. The van der Waals surface area contributed by atoms with E-state index in [4.69, 9.17) is 52.2 Å². The van der Waals surface area contributed by atoms with Crippen molar-refractivity contribution in [2.75, 3.05) is 31.5 Å². The Bertz CT molecular complexity index is 3040. The SMILES string of the molecule is C#C[C@@]1(O)[C@H](O)[C@](CC)(CF)O[C@H]1n1cnc2c(N)ncnc21.C#C[C@@]12OC(C)(C)O[C@@H]1[C@](CC)(CF)O[C@H]2n1cnc2c(NC(c3ccccc3)(c3ccccc3)c3ccc(OC)cc3)ncnc21. The molecule has 8 atom stereocenters. The van der Waals surface area contributed by atoms with Crippen LogP contribution in [-0.2, 0) is 24.5 Å². The Labute approximate surface area is 402 Å². The number of nitrogen functional groups attached to an aromatic ring is 1. The summed E-state index contributed by atoms with van der Waals surface area (Å²) in [7, 11) is 1.64. The molecular formula is C51H52F2N10O7. The second kappa shape index (κ2) is 18.0. The predicted molar refractivity (Wildman–Crippen MR) is 254 cm³/mol. The van der Waals surface area contributed by atoms with Crippen LogP contribution in [0.2, 0.25) is 0 Å². The predicted octanol–water partition coefficient (Wildman–Crippen LogP) is 6.19. The molecule has 0 radical (unpaired) electrons. The van der Waals surface area contributed by atoms with E-state index < -0.39 is 71.7 Å². The third kappa shape index (κ3) is 7.31. The first-order valence-corrected chi connectivity index (χ1v) is 22.5. The number of nitrogens with zero attached hydrogens (tertiary/aromatic N) is 8. The van der Waals surface area contributed by atoms with Gasteiger partial charge in [0.05, 0.1) is 19.8 Å². The normalized spacial score (nSPS) is 27.9. The largest absolute Gasteiger partial charge is 0.497 e. The minimum atomic E-state index is -2.14. The van der Waals surface area contributed by atoms with Crippen molar-refractivity contribution >= 4 is 34.0 Å². The molecular weight excluding hydrogens is 903 g/mol. The first kappa shape index (κ1) is 47.9. The third-order valence-corrected chi connectivity index (χ3v) is 13.6. The van der Waals surface area contributed by atoms with Crippen LogP contribution >= 0.6 is 0 Å². The fraction of sp³-hybridized carbons (Fsp3) is 0.373. The number of rotatable bonds is 12. The molecule has 3 aliphatic heterocycles. The fourth-order valence-electron chi connectivity index (χ4n) is 9.89. The second-order valence-electron chi connectivity index (χ2n) is 17.8. The minimum absolute atomic E-state index is 0.120. The van der Waals surface area contributed by atoms with Gasteiger partial charge in [0.25, 0.3) is 0 Å². The van der Waals surface area contributed by atoms with Gasteiger partial charge in [0, 0.05) is 0 Å². The van der Waals surface area contributed by atoms with Crippen molar-refractivity contribution in [3.63, 3.8) is 0 Å². The standard InChI is InChI=1S/C37H36FN5O4.C14H16FN5O3/c1-6-35(22-38)32-36(7-2,47-34(3,4)45-32)33(46-35)43-24-41-29-30(39-23-40-31(29)43)42-37(25-14-10-8-11-15-25,26-16-12-9-13-17-26)27-18-20-28(44-5)21-19-27;1-3-13(5-15)11(21)14(22,4-2)12(23-13)20-7-19-8-9(16)17-6-18-10(8)20/h2,8-21,23-24,32-33H,6,22H2,1,3-5H3,(H,39,40,42);2,6-7,11-12,21-22H,3,5H2,1H3,(H2,16,17,18)/t32-,33-,35+,36-;11-,12-,13+,14-/m11/s1. The number of hydrogen-bond donors (Lipinski definition) is 4. The Balaban J connectivity index is 0.000000221. The summed E-state index contributed by atoms with van der Waals surface area (Å²) in [6.07, 6.45) is 12.9. The van der Waals surface area contributed by atoms with Crippen molar-refractivity contribution in [1.82, 2.24) is 39.0 Å². The topological polar surface area (TPSA) is 212 Å². The summed E-state index contributed by atoms with van der Waals surface area (Å²) in [5.41, 5.74) is 2.66. The van der Waals surface area contributed by atoms with Crippen molar-refractivity contribution in [3.05, 3.63) is 127 Å². The van der Waals surface area contributed by atoms with E-state index in [0.717, 1.165) is 22.4 Å². The van der Waals surface area contributed by atoms with Crippen LogP contribution in [-0.4, -0.2) is 110 Å². The van der Waals surface area contributed by atoms with E-state index in [1.165, 1.54) is 23.5 Å². The van der Waals surface area contributed by atoms with E-state index in [1.807, 2.05) is 67.6 Å². The lowest BCUT2D eigenvalue weighted by Crippen LogP contribution is -2.51. The van der Waals surface area contributed by atoms with Gasteiger partial charge in [-0.15, -0.1) is 12.8 Å². The molecule has 7 aromatic rings. The summed E-state index contributed by atoms with van der Waals surface area (Å²) in [6.45, 7) is 5.20. The number of terminal acetylenes is 2. The Kier molecular flexibility index (Phi) is 12.3. The number of alkyl halides is 2. The molecule has 17 nitrogen and oxygen atoms in total. The molecule has 19 heteroatoms. The van der Waals surface area contributed by atoms with E-state index in [9.17, 15) is 19.0 Å². The zero-order chi connectivity index (χ0) is 49.7. The molecule has 4 aromatic heterocycles. The van der Waals surface area contributed by atoms with Crippen LogP contribution in [0.25, 0.3) is 22.3 Å². The Morgan fingerprint density at radius 2 is 1.29 bits per heavy atom. The number of aromatic nitrogens is 8. The Morgan fingerprint density at radius 1 is 0.743 bits per heavy atom. The van der Waals surface area contributed by atoms with Crippen LogP contribution in [0.5, 0.6) is 5.75 Å². The van der Waals surface area contributed by atoms with E-state index in [0.29, 0.717) is 28.9 Å². The maximum Gasteiger partial charge on any atom is 0.205 e. The highest BCUT2D eigenvalue weighted by molar-refractivity contribution is 5.84. The van der Waals surface area contributed by atoms with Crippen molar-refractivity contribution in [2.45, 2.75) is 98.9 Å². The number of methoxy groups -OCH3 is 1. The number of fused-ring (bicyclic) bond motifs is 3. The summed E-state index contributed by atoms with van der Waals surface area (Å²) in [4.78, 5) is 26.1. The molecule has 3 saturated heterocycles. The Morgan fingerprint density at radius 3 is 1.84 bits per heavy atom. The second-order valence-corrected chi connectivity index (χ2v) is 17.8. The van der Waals surface area contributed by atoms with Crippen LogP contribution in [0.4, 0.5) is 20.4 Å². The average molecular weight is 955 g/mol. The zero-order valence-electron chi connectivity index (χ0n) is 39.0. The van der Waals surface area contributed by atoms with Crippen LogP contribution in [0, 0.1) is 24.7 Å². The zero-order valence-corrected chi connectivity index (χ0v) is 39.0. The van der Waals surface area contributed by atoms with Gasteiger partial charge in [0.1, 0.15) is 66.2 Å². The number of ether oxygens (including phenoxy) is 5. The lowest BCUT2D eigenvalue weighted by atomic mass is 9.77. The fourth-order valence-corrected chi connectivity index (χ4v) is 9.89. The van der Waals surface area contributed by atoms with Gasteiger partial charge in [-0.3, -0.25) is 9.13 Å². The van der Waals surface area contributed by atoms with Crippen LogP contribution in [0.15, 0.2) is 110 Å². The molecule has 0 amide bonds. The summed E-state index contributed by atoms with van der Waals surface area (Å²) in [5, 5.41) is 24.9. The molecule has 5 N–H and O–H groups in total. The molecule has 0 spiro atoms. The summed E-state index contributed by atoms with van der Waals surface area (Å²) >= 11 is 0. The molecule has 0 saturated carbocycles. The number of anilines is 2. The van der Waals surface area contributed by atoms with Gasteiger partial charge in [0.2, 0.25) is 5.60 Å². The van der Waals surface area contributed by atoms with Gasteiger partial charge in [-0.25, -0.2) is 38.7 Å². The van der Waals surface area contributed by atoms with E-state index in [1.54, 1.807) is 38.8 Å². The van der Waals surface area contributed by atoms with Gasteiger partial charge < -0.3 is 44.9 Å². The molecule has 3 aliphatic rings. The monoisotopic (exact) mass is 954 g/mol. The van der Waals surface area contributed by atoms with Gasteiger partial charge >= 0.3 is 0 Å². The third-order valence-electron chi connectivity index (χ3n) is 13.6. The number of halogens is 2. The molecule has 3 aromatic carbocycles.